The molecule has 0 spiro atoms. The van der Waals surface area contributed by atoms with Gasteiger partial charge >= 0.3 is 0 Å². The van der Waals surface area contributed by atoms with E-state index >= 15 is 0 Å². The van der Waals surface area contributed by atoms with E-state index in [1.807, 2.05) is 30.3 Å². The van der Waals surface area contributed by atoms with Crippen LogP contribution in [-0.2, 0) is 9.63 Å². The van der Waals surface area contributed by atoms with Crippen molar-refractivity contribution in [1.82, 2.24) is 5.32 Å². The normalized spacial score (nSPS) is 23.1. The summed E-state index contributed by atoms with van der Waals surface area (Å²) in [6, 6.07) is 10.2. The lowest BCUT2D eigenvalue weighted by Gasteiger charge is -2.20. The molecule has 2 aliphatic rings. The van der Waals surface area contributed by atoms with Crippen LogP contribution >= 0.6 is 0 Å². The number of hydrogen-bond acceptors (Lipinski definition) is 3. The van der Waals surface area contributed by atoms with Crippen molar-refractivity contribution in [1.29, 1.82) is 0 Å². The zero-order valence-electron chi connectivity index (χ0n) is 13.0. The third-order valence-electron chi connectivity index (χ3n) is 4.54. The first-order chi connectivity index (χ1) is 10.8. The molecule has 22 heavy (non-hydrogen) atoms. The van der Waals surface area contributed by atoms with Crippen LogP contribution in [0.25, 0.3) is 0 Å². The Morgan fingerprint density at radius 3 is 2.45 bits per heavy atom. The van der Waals surface area contributed by atoms with Crippen LogP contribution in [0.5, 0.6) is 0 Å². The van der Waals surface area contributed by atoms with Gasteiger partial charge in [-0.1, -0.05) is 67.6 Å². The zero-order valence-corrected chi connectivity index (χ0v) is 13.0. The molecule has 1 fully saturated rings. The Kier molecular flexibility index (Phi) is 5.09. The summed E-state index contributed by atoms with van der Waals surface area (Å²) in [5, 5.41) is 7.16. The highest BCUT2D eigenvalue weighted by atomic mass is 16.6. The Morgan fingerprint density at radius 2 is 1.73 bits per heavy atom. The lowest BCUT2D eigenvalue weighted by atomic mass is 9.96. The van der Waals surface area contributed by atoms with E-state index in [0.29, 0.717) is 18.2 Å². The highest BCUT2D eigenvalue weighted by Crippen LogP contribution is 2.27. The van der Waals surface area contributed by atoms with Crippen molar-refractivity contribution < 1.29 is 9.63 Å². The van der Waals surface area contributed by atoms with E-state index in [1.54, 1.807) is 0 Å². The quantitative estimate of drug-likeness (QED) is 0.924. The molecule has 0 unspecified atom stereocenters. The van der Waals surface area contributed by atoms with E-state index in [9.17, 15) is 4.79 Å². The average molecular weight is 300 g/mol. The van der Waals surface area contributed by atoms with Gasteiger partial charge in [0.15, 0.2) is 6.10 Å². The van der Waals surface area contributed by atoms with Gasteiger partial charge in [0.1, 0.15) is 5.71 Å². The van der Waals surface area contributed by atoms with Crippen LogP contribution in [0, 0.1) is 0 Å². The molecule has 1 amide bonds. The van der Waals surface area contributed by atoms with Crippen LogP contribution in [0.3, 0.4) is 0 Å². The fourth-order valence-corrected chi connectivity index (χ4v) is 3.23. The van der Waals surface area contributed by atoms with Crippen molar-refractivity contribution in [2.75, 3.05) is 0 Å². The molecular weight excluding hydrogens is 276 g/mol. The number of benzene rings is 1. The molecule has 0 bridgehead atoms. The number of nitrogens with zero attached hydrogens (tertiary/aromatic N) is 1. The maximum atomic E-state index is 12.4. The molecule has 4 nitrogen and oxygen atoms in total. The van der Waals surface area contributed by atoms with E-state index in [1.165, 1.54) is 32.1 Å². The van der Waals surface area contributed by atoms with E-state index in [-0.39, 0.29) is 12.0 Å². The van der Waals surface area contributed by atoms with Gasteiger partial charge < -0.3 is 10.2 Å². The first-order valence-electron chi connectivity index (χ1n) is 8.41. The fraction of sp³-hybridized carbons (Fsp3) is 0.556. The lowest BCUT2D eigenvalue weighted by Crippen LogP contribution is -2.39. The van der Waals surface area contributed by atoms with Crippen molar-refractivity contribution in [3.8, 4) is 0 Å². The molecule has 0 radical (unpaired) electrons. The summed E-state index contributed by atoms with van der Waals surface area (Å²) in [5.41, 5.74) is 1.59. The van der Waals surface area contributed by atoms with Gasteiger partial charge in [-0.15, -0.1) is 0 Å². The van der Waals surface area contributed by atoms with Crippen molar-refractivity contribution in [3.05, 3.63) is 35.9 Å². The van der Waals surface area contributed by atoms with E-state index in [2.05, 4.69) is 10.5 Å². The summed E-state index contributed by atoms with van der Waals surface area (Å²) in [5.74, 6) is -0.0518. The van der Waals surface area contributed by atoms with Crippen LogP contribution in [0.15, 0.2) is 35.5 Å². The number of rotatable bonds is 3. The SMILES string of the molecule is O=C(NC1CCCCCCC1)C1=NO[C@H](c2ccccc2)C1. The molecule has 1 aliphatic carbocycles. The molecule has 1 N–H and O–H groups in total. The first-order valence-corrected chi connectivity index (χ1v) is 8.41. The summed E-state index contributed by atoms with van der Waals surface area (Å²) < 4.78 is 0. The van der Waals surface area contributed by atoms with Crippen LogP contribution in [-0.4, -0.2) is 17.7 Å². The van der Waals surface area contributed by atoms with Gasteiger partial charge in [0.05, 0.1) is 0 Å². The first kappa shape index (κ1) is 15.1. The Morgan fingerprint density at radius 1 is 1.05 bits per heavy atom. The minimum atomic E-state index is -0.126. The van der Waals surface area contributed by atoms with Crippen molar-refractivity contribution in [2.45, 2.75) is 63.5 Å². The standard InChI is InChI=1S/C18H24N2O2/c21-18(19-15-11-7-2-1-3-8-12-15)16-13-17(22-20-16)14-9-5-4-6-10-14/h4-6,9-10,15,17H,1-3,7-8,11-13H2,(H,19,21)/t17-/m0/s1. The maximum absolute atomic E-state index is 12.4. The van der Waals surface area contributed by atoms with Crippen LogP contribution in [0.1, 0.15) is 63.0 Å². The Bertz CT molecular complexity index is 519. The molecule has 1 heterocycles. The molecule has 1 aliphatic heterocycles. The van der Waals surface area contributed by atoms with Gasteiger partial charge in [0.25, 0.3) is 5.91 Å². The number of carbonyl (C=O) groups is 1. The van der Waals surface area contributed by atoms with Gasteiger partial charge in [-0.25, -0.2) is 0 Å². The summed E-state index contributed by atoms with van der Waals surface area (Å²) in [6.07, 6.45) is 8.92. The highest BCUT2D eigenvalue weighted by Gasteiger charge is 2.28. The second kappa shape index (κ2) is 7.43. The number of hydrogen-bond donors (Lipinski definition) is 1. The smallest absolute Gasteiger partial charge is 0.269 e. The van der Waals surface area contributed by atoms with E-state index in [0.717, 1.165) is 18.4 Å². The summed E-state index contributed by atoms with van der Waals surface area (Å²) in [7, 11) is 0. The zero-order chi connectivity index (χ0) is 15.2. The van der Waals surface area contributed by atoms with Crippen LogP contribution in [0.4, 0.5) is 0 Å². The summed E-state index contributed by atoms with van der Waals surface area (Å²) in [6.45, 7) is 0. The molecule has 3 rings (SSSR count). The Labute approximate surface area is 131 Å². The lowest BCUT2D eigenvalue weighted by molar-refractivity contribution is -0.115. The maximum Gasteiger partial charge on any atom is 0.269 e. The molecule has 0 saturated heterocycles. The molecule has 1 aromatic rings. The third-order valence-corrected chi connectivity index (χ3v) is 4.54. The monoisotopic (exact) mass is 300 g/mol. The third kappa shape index (κ3) is 3.87. The highest BCUT2D eigenvalue weighted by molar-refractivity contribution is 6.39. The Hall–Kier alpha value is -1.84. The minimum Gasteiger partial charge on any atom is -0.387 e. The number of nitrogens with one attached hydrogen (secondary N) is 1. The Balaban J connectivity index is 1.52. The average Bonchev–Trinajstić information content (AvgIpc) is 3.01. The molecule has 1 saturated carbocycles. The largest absolute Gasteiger partial charge is 0.387 e. The molecule has 4 heteroatoms. The number of carbonyl (C=O) groups excluding carboxylic acids is 1. The molecule has 1 aromatic carbocycles. The molecule has 1 atom stereocenters. The van der Waals surface area contributed by atoms with Gasteiger partial charge in [-0.2, -0.15) is 0 Å². The van der Waals surface area contributed by atoms with Gasteiger partial charge in [0, 0.05) is 12.5 Å². The van der Waals surface area contributed by atoms with Crippen molar-refractivity contribution in [2.24, 2.45) is 5.16 Å². The second-order valence-corrected chi connectivity index (χ2v) is 6.26. The van der Waals surface area contributed by atoms with E-state index in [4.69, 9.17) is 4.84 Å². The van der Waals surface area contributed by atoms with Gasteiger partial charge in [-0.05, 0) is 18.4 Å². The molecular formula is C18H24N2O2. The molecule has 0 aromatic heterocycles. The number of oxime groups is 1. The van der Waals surface area contributed by atoms with Crippen molar-refractivity contribution >= 4 is 11.6 Å². The van der Waals surface area contributed by atoms with Crippen LogP contribution < -0.4 is 5.32 Å². The topological polar surface area (TPSA) is 50.7 Å². The van der Waals surface area contributed by atoms with Crippen LogP contribution in [0.2, 0.25) is 0 Å². The fourth-order valence-electron chi connectivity index (χ4n) is 3.23. The van der Waals surface area contributed by atoms with Crippen molar-refractivity contribution in [3.63, 3.8) is 0 Å². The van der Waals surface area contributed by atoms with E-state index < -0.39 is 0 Å². The summed E-state index contributed by atoms with van der Waals surface area (Å²) >= 11 is 0. The predicted octanol–water partition coefficient (Wildman–Crippen LogP) is 3.73. The second-order valence-electron chi connectivity index (χ2n) is 6.26. The molecule has 118 valence electrons. The number of amides is 1. The van der Waals surface area contributed by atoms with Gasteiger partial charge in [0.2, 0.25) is 0 Å². The predicted molar refractivity (Wildman–Crippen MR) is 86.6 cm³/mol. The minimum absolute atomic E-state index is 0.0518. The summed E-state index contributed by atoms with van der Waals surface area (Å²) in [4.78, 5) is 17.8. The van der Waals surface area contributed by atoms with Gasteiger partial charge in [-0.3, -0.25) is 4.79 Å².